The van der Waals surface area contributed by atoms with Gasteiger partial charge in [0, 0.05) is 12.6 Å². The molecule has 0 aliphatic rings. The molecule has 1 atom stereocenters. The molecule has 104 valence electrons. The minimum Gasteiger partial charge on any atom is -0.311 e. The largest absolute Gasteiger partial charge is 0.311 e. The smallest absolute Gasteiger partial charge is 0.0140 e. The summed E-state index contributed by atoms with van der Waals surface area (Å²) < 4.78 is 0. The van der Waals surface area contributed by atoms with Crippen LogP contribution in [0.4, 0.5) is 0 Å². The van der Waals surface area contributed by atoms with Crippen LogP contribution < -0.4 is 5.32 Å². The molecule has 0 bridgehead atoms. The number of hydrogen-bond donors (Lipinski definition) is 1. The highest BCUT2D eigenvalue weighted by molar-refractivity contribution is 5.48. The van der Waals surface area contributed by atoms with Crippen molar-refractivity contribution in [2.75, 3.05) is 6.54 Å². The molecule has 0 aliphatic heterocycles. The fourth-order valence-electron chi connectivity index (χ4n) is 2.16. The van der Waals surface area contributed by atoms with Crippen molar-refractivity contribution in [3.8, 4) is 0 Å². The molecule has 2 rings (SSSR count). The summed E-state index contributed by atoms with van der Waals surface area (Å²) in [4.78, 5) is 0. The molecule has 0 heterocycles. The molecular weight excluding hydrogens is 242 g/mol. The van der Waals surface area contributed by atoms with Crippen LogP contribution in [0.15, 0.2) is 66.7 Å². The second-order valence-corrected chi connectivity index (χ2v) is 5.15. The SMILES string of the molecule is CC(CCc1ccccc1)NC/C=C\c1ccccc1. The summed E-state index contributed by atoms with van der Waals surface area (Å²) in [5.74, 6) is 0. The van der Waals surface area contributed by atoms with Crippen molar-refractivity contribution in [3.63, 3.8) is 0 Å². The van der Waals surface area contributed by atoms with Crippen LogP contribution in [-0.2, 0) is 6.42 Å². The maximum Gasteiger partial charge on any atom is 0.0140 e. The van der Waals surface area contributed by atoms with Crippen molar-refractivity contribution in [1.29, 1.82) is 0 Å². The van der Waals surface area contributed by atoms with E-state index in [1.165, 1.54) is 17.5 Å². The summed E-state index contributed by atoms with van der Waals surface area (Å²) in [7, 11) is 0. The number of nitrogens with one attached hydrogen (secondary N) is 1. The minimum absolute atomic E-state index is 0.538. The number of hydrogen-bond acceptors (Lipinski definition) is 1. The van der Waals surface area contributed by atoms with E-state index in [9.17, 15) is 0 Å². The van der Waals surface area contributed by atoms with Gasteiger partial charge in [-0.3, -0.25) is 0 Å². The quantitative estimate of drug-likeness (QED) is 0.786. The molecule has 0 saturated heterocycles. The van der Waals surface area contributed by atoms with Crippen molar-refractivity contribution in [2.45, 2.75) is 25.8 Å². The van der Waals surface area contributed by atoms with Gasteiger partial charge in [-0.05, 0) is 30.9 Å². The second kappa shape index (κ2) is 8.34. The molecule has 0 amide bonds. The molecule has 20 heavy (non-hydrogen) atoms. The Morgan fingerprint density at radius 3 is 2.30 bits per heavy atom. The summed E-state index contributed by atoms with van der Waals surface area (Å²) in [5, 5.41) is 3.54. The predicted molar refractivity (Wildman–Crippen MR) is 87.7 cm³/mol. The Morgan fingerprint density at radius 1 is 0.950 bits per heavy atom. The Bertz CT molecular complexity index is 502. The number of aryl methyl sites for hydroxylation is 1. The van der Waals surface area contributed by atoms with Gasteiger partial charge in [0.2, 0.25) is 0 Å². The van der Waals surface area contributed by atoms with E-state index >= 15 is 0 Å². The van der Waals surface area contributed by atoms with Crippen molar-refractivity contribution in [2.24, 2.45) is 0 Å². The molecule has 0 spiro atoms. The monoisotopic (exact) mass is 265 g/mol. The zero-order valence-corrected chi connectivity index (χ0v) is 12.1. The second-order valence-electron chi connectivity index (χ2n) is 5.15. The van der Waals surface area contributed by atoms with Gasteiger partial charge in [0.25, 0.3) is 0 Å². The maximum absolute atomic E-state index is 3.54. The predicted octanol–water partition coefficient (Wildman–Crippen LogP) is 4.31. The Kier molecular flexibility index (Phi) is 6.07. The van der Waals surface area contributed by atoms with E-state index in [2.05, 4.69) is 79.0 Å². The molecule has 1 unspecified atom stereocenters. The van der Waals surface area contributed by atoms with Crippen molar-refractivity contribution < 1.29 is 0 Å². The fraction of sp³-hybridized carbons (Fsp3) is 0.263. The van der Waals surface area contributed by atoms with Crippen LogP contribution in [0.3, 0.4) is 0 Å². The molecule has 2 aromatic carbocycles. The number of benzene rings is 2. The van der Waals surface area contributed by atoms with E-state index in [4.69, 9.17) is 0 Å². The zero-order chi connectivity index (χ0) is 14.0. The van der Waals surface area contributed by atoms with Gasteiger partial charge in [0.05, 0.1) is 0 Å². The minimum atomic E-state index is 0.538. The lowest BCUT2D eigenvalue weighted by atomic mass is 10.1. The Morgan fingerprint density at radius 2 is 1.60 bits per heavy atom. The maximum atomic E-state index is 3.54. The molecule has 2 aromatic rings. The van der Waals surface area contributed by atoms with Crippen molar-refractivity contribution >= 4 is 6.08 Å². The topological polar surface area (TPSA) is 12.0 Å². The average Bonchev–Trinajstić information content (AvgIpc) is 2.52. The highest BCUT2D eigenvalue weighted by Crippen LogP contribution is 2.05. The van der Waals surface area contributed by atoms with Crippen LogP contribution in [0.2, 0.25) is 0 Å². The number of rotatable bonds is 7. The van der Waals surface area contributed by atoms with Gasteiger partial charge in [-0.1, -0.05) is 72.8 Å². The van der Waals surface area contributed by atoms with Crippen LogP contribution in [0.25, 0.3) is 6.08 Å². The molecule has 0 fully saturated rings. The molecule has 0 radical (unpaired) electrons. The lowest BCUT2D eigenvalue weighted by Gasteiger charge is -2.12. The van der Waals surface area contributed by atoms with E-state index in [0.29, 0.717) is 6.04 Å². The molecule has 0 aliphatic carbocycles. The first kappa shape index (κ1) is 14.5. The van der Waals surface area contributed by atoms with Crippen molar-refractivity contribution in [3.05, 3.63) is 77.9 Å². The zero-order valence-electron chi connectivity index (χ0n) is 12.1. The van der Waals surface area contributed by atoms with Crippen LogP contribution in [-0.4, -0.2) is 12.6 Å². The summed E-state index contributed by atoms with van der Waals surface area (Å²) in [6, 6.07) is 21.6. The first-order valence-corrected chi connectivity index (χ1v) is 7.33. The van der Waals surface area contributed by atoms with Gasteiger partial charge >= 0.3 is 0 Å². The van der Waals surface area contributed by atoms with Crippen LogP contribution >= 0.6 is 0 Å². The average molecular weight is 265 g/mol. The van der Waals surface area contributed by atoms with E-state index in [-0.39, 0.29) is 0 Å². The van der Waals surface area contributed by atoms with E-state index in [1.807, 2.05) is 6.07 Å². The highest BCUT2D eigenvalue weighted by Gasteiger charge is 2.00. The van der Waals surface area contributed by atoms with E-state index in [1.54, 1.807) is 0 Å². The summed E-state index contributed by atoms with van der Waals surface area (Å²) in [5.41, 5.74) is 2.67. The van der Waals surface area contributed by atoms with E-state index in [0.717, 1.165) is 13.0 Å². The first-order valence-electron chi connectivity index (χ1n) is 7.33. The third-order valence-corrected chi connectivity index (χ3v) is 3.40. The third kappa shape index (κ3) is 5.41. The van der Waals surface area contributed by atoms with E-state index < -0.39 is 0 Å². The van der Waals surface area contributed by atoms with Crippen LogP contribution in [0.5, 0.6) is 0 Å². The van der Waals surface area contributed by atoms with Gasteiger partial charge in [0.15, 0.2) is 0 Å². The summed E-state index contributed by atoms with van der Waals surface area (Å²) >= 11 is 0. The van der Waals surface area contributed by atoms with Crippen LogP contribution in [0, 0.1) is 0 Å². The molecule has 0 aromatic heterocycles. The van der Waals surface area contributed by atoms with Gasteiger partial charge in [0.1, 0.15) is 0 Å². The van der Waals surface area contributed by atoms with Gasteiger partial charge < -0.3 is 5.32 Å². The molecule has 1 heteroatoms. The lowest BCUT2D eigenvalue weighted by molar-refractivity contribution is 0.543. The molecular formula is C19H23N. The lowest BCUT2D eigenvalue weighted by Crippen LogP contribution is -2.26. The molecule has 1 N–H and O–H groups in total. The summed E-state index contributed by atoms with van der Waals surface area (Å²) in [6.45, 7) is 3.17. The van der Waals surface area contributed by atoms with Crippen LogP contribution in [0.1, 0.15) is 24.5 Å². The fourth-order valence-corrected chi connectivity index (χ4v) is 2.16. The van der Waals surface area contributed by atoms with Gasteiger partial charge in [-0.15, -0.1) is 0 Å². The Labute approximate surface area is 122 Å². The van der Waals surface area contributed by atoms with Gasteiger partial charge in [-0.25, -0.2) is 0 Å². The highest BCUT2D eigenvalue weighted by atomic mass is 14.9. The first-order chi connectivity index (χ1) is 9.84. The third-order valence-electron chi connectivity index (χ3n) is 3.40. The molecule has 0 saturated carbocycles. The normalized spacial score (nSPS) is 12.7. The molecule has 1 nitrogen and oxygen atoms in total. The summed E-state index contributed by atoms with van der Waals surface area (Å²) in [6.07, 6.45) is 6.66. The Hall–Kier alpha value is -1.86. The van der Waals surface area contributed by atoms with Crippen molar-refractivity contribution in [1.82, 2.24) is 5.32 Å². The Balaban J connectivity index is 1.65. The van der Waals surface area contributed by atoms with Gasteiger partial charge in [-0.2, -0.15) is 0 Å². The standard InChI is InChI=1S/C19H23N/c1-17(14-15-19-11-6-3-7-12-19)20-16-8-13-18-9-4-2-5-10-18/h2-13,17,20H,14-16H2,1H3/b13-8-.